The lowest BCUT2D eigenvalue weighted by Crippen LogP contribution is -2.23. The molecule has 86 valence electrons. The van der Waals surface area contributed by atoms with E-state index in [1.807, 2.05) is 19.1 Å². The van der Waals surface area contributed by atoms with Crippen LogP contribution < -0.4 is 5.32 Å². The van der Waals surface area contributed by atoms with Crippen LogP contribution in [0.25, 0.3) is 0 Å². The number of hydrogen-bond acceptors (Lipinski definition) is 3. The van der Waals surface area contributed by atoms with Crippen LogP contribution >= 0.6 is 0 Å². The van der Waals surface area contributed by atoms with Crippen LogP contribution in [0.5, 0.6) is 0 Å². The fraction of sp³-hybridized carbons (Fsp3) is 0.154. The van der Waals surface area contributed by atoms with Crippen molar-refractivity contribution < 1.29 is 4.79 Å². The maximum absolute atomic E-state index is 11.9. The molecule has 17 heavy (non-hydrogen) atoms. The van der Waals surface area contributed by atoms with E-state index in [4.69, 9.17) is 0 Å². The van der Waals surface area contributed by atoms with E-state index >= 15 is 0 Å². The average molecular weight is 227 g/mol. The minimum absolute atomic E-state index is 0.104. The van der Waals surface area contributed by atoms with E-state index in [0.717, 1.165) is 11.3 Å². The molecule has 2 aromatic rings. The van der Waals surface area contributed by atoms with Gasteiger partial charge in [-0.25, -0.2) is 0 Å². The highest BCUT2D eigenvalue weighted by molar-refractivity contribution is 5.95. The summed E-state index contributed by atoms with van der Waals surface area (Å²) in [5, 5.41) is 2.85. The minimum Gasteiger partial charge on any atom is -0.348 e. The quantitative estimate of drug-likeness (QED) is 0.868. The first-order valence-corrected chi connectivity index (χ1v) is 5.36. The van der Waals surface area contributed by atoms with Gasteiger partial charge in [0.05, 0.1) is 5.56 Å². The van der Waals surface area contributed by atoms with Crippen molar-refractivity contribution in [2.45, 2.75) is 13.5 Å². The first-order valence-electron chi connectivity index (χ1n) is 5.36. The predicted octanol–water partition coefficient (Wildman–Crippen LogP) is 1.72. The molecule has 0 saturated heterocycles. The first-order chi connectivity index (χ1) is 8.27. The van der Waals surface area contributed by atoms with E-state index < -0.39 is 0 Å². The van der Waals surface area contributed by atoms with Gasteiger partial charge in [0.15, 0.2) is 0 Å². The standard InChI is InChI=1S/C13H13N3O/c1-10-12(3-2-6-15-10)13(17)16-9-11-4-7-14-8-5-11/h2-8H,9H2,1H3,(H,16,17). The fourth-order valence-corrected chi connectivity index (χ4v) is 1.50. The van der Waals surface area contributed by atoms with Gasteiger partial charge in [0.25, 0.3) is 5.91 Å². The van der Waals surface area contributed by atoms with E-state index in [-0.39, 0.29) is 5.91 Å². The van der Waals surface area contributed by atoms with Crippen molar-refractivity contribution in [2.24, 2.45) is 0 Å². The first kappa shape index (κ1) is 11.3. The zero-order chi connectivity index (χ0) is 12.1. The topological polar surface area (TPSA) is 54.9 Å². The summed E-state index contributed by atoms with van der Waals surface area (Å²) in [5.74, 6) is -0.104. The third-order valence-corrected chi connectivity index (χ3v) is 2.45. The van der Waals surface area contributed by atoms with Crippen LogP contribution in [0, 0.1) is 6.92 Å². The van der Waals surface area contributed by atoms with Crippen LogP contribution in [0.1, 0.15) is 21.6 Å². The summed E-state index contributed by atoms with van der Waals surface area (Å²) in [6.07, 6.45) is 5.09. The minimum atomic E-state index is -0.104. The van der Waals surface area contributed by atoms with Gasteiger partial charge in [-0.05, 0) is 36.8 Å². The Labute approximate surface area is 99.7 Å². The highest BCUT2D eigenvalue weighted by Gasteiger charge is 2.08. The second kappa shape index (κ2) is 5.21. The fourth-order valence-electron chi connectivity index (χ4n) is 1.50. The lowest BCUT2D eigenvalue weighted by atomic mass is 10.2. The number of amides is 1. The largest absolute Gasteiger partial charge is 0.348 e. The van der Waals surface area contributed by atoms with Gasteiger partial charge < -0.3 is 5.32 Å². The van der Waals surface area contributed by atoms with E-state index in [9.17, 15) is 4.79 Å². The summed E-state index contributed by atoms with van der Waals surface area (Å²) in [4.78, 5) is 19.9. The van der Waals surface area contributed by atoms with Gasteiger partial charge in [-0.2, -0.15) is 0 Å². The highest BCUT2D eigenvalue weighted by atomic mass is 16.1. The number of hydrogen-bond donors (Lipinski definition) is 1. The molecule has 4 heteroatoms. The van der Waals surface area contributed by atoms with Crippen LogP contribution in [0.3, 0.4) is 0 Å². The van der Waals surface area contributed by atoms with Crippen LogP contribution in [0.2, 0.25) is 0 Å². The molecule has 0 aromatic carbocycles. The predicted molar refractivity (Wildman–Crippen MR) is 64.4 cm³/mol. The van der Waals surface area contributed by atoms with E-state index in [1.165, 1.54) is 0 Å². The molecular formula is C13H13N3O. The molecule has 0 bridgehead atoms. The van der Waals surface area contributed by atoms with Gasteiger partial charge in [0.2, 0.25) is 0 Å². The number of carbonyl (C=O) groups is 1. The average Bonchev–Trinajstić information content (AvgIpc) is 2.38. The molecule has 0 radical (unpaired) electrons. The van der Waals surface area contributed by atoms with Gasteiger partial charge in [0, 0.05) is 30.8 Å². The number of aromatic nitrogens is 2. The summed E-state index contributed by atoms with van der Waals surface area (Å²) >= 11 is 0. The Morgan fingerprint density at radius 2 is 2.00 bits per heavy atom. The number of nitrogens with zero attached hydrogens (tertiary/aromatic N) is 2. The molecule has 0 unspecified atom stereocenters. The Morgan fingerprint density at radius 3 is 2.71 bits per heavy atom. The van der Waals surface area contributed by atoms with Crippen LogP contribution in [-0.4, -0.2) is 15.9 Å². The van der Waals surface area contributed by atoms with Gasteiger partial charge in [-0.15, -0.1) is 0 Å². The van der Waals surface area contributed by atoms with Crippen LogP contribution in [0.15, 0.2) is 42.9 Å². The molecule has 0 aliphatic carbocycles. The van der Waals surface area contributed by atoms with Crippen molar-refractivity contribution in [1.29, 1.82) is 0 Å². The van der Waals surface area contributed by atoms with Gasteiger partial charge in [-0.1, -0.05) is 0 Å². The van der Waals surface area contributed by atoms with E-state index in [1.54, 1.807) is 30.7 Å². The Balaban J connectivity index is 2.01. The summed E-state index contributed by atoms with van der Waals surface area (Å²) in [6, 6.07) is 7.27. The maximum Gasteiger partial charge on any atom is 0.253 e. The summed E-state index contributed by atoms with van der Waals surface area (Å²) < 4.78 is 0. The second-order valence-corrected chi connectivity index (χ2v) is 3.67. The highest BCUT2D eigenvalue weighted by Crippen LogP contribution is 2.04. The summed E-state index contributed by atoms with van der Waals surface area (Å²) in [7, 11) is 0. The zero-order valence-electron chi connectivity index (χ0n) is 9.55. The van der Waals surface area contributed by atoms with Crippen molar-refractivity contribution in [3.05, 3.63) is 59.7 Å². The Hall–Kier alpha value is -2.23. The molecule has 0 saturated carbocycles. The van der Waals surface area contributed by atoms with Gasteiger partial charge in [0.1, 0.15) is 0 Å². The lowest BCUT2D eigenvalue weighted by Gasteiger charge is -2.06. The molecule has 2 heterocycles. The smallest absolute Gasteiger partial charge is 0.253 e. The molecule has 0 fully saturated rings. The number of rotatable bonds is 3. The normalized spacial score (nSPS) is 9.94. The summed E-state index contributed by atoms with van der Waals surface area (Å²) in [5.41, 5.74) is 2.37. The number of pyridine rings is 2. The van der Waals surface area contributed by atoms with Crippen molar-refractivity contribution >= 4 is 5.91 Å². The van der Waals surface area contributed by atoms with Gasteiger partial charge >= 0.3 is 0 Å². The lowest BCUT2D eigenvalue weighted by molar-refractivity contribution is 0.0950. The SMILES string of the molecule is Cc1ncccc1C(=O)NCc1ccncc1. The molecule has 0 aliphatic rings. The Kier molecular flexibility index (Phi) is 3.45. The third-order valence-electron chi connectivity index (χ3n) is 2.45. The number of nitrogens with one attached hydrogen (secondary N) is 1. The molecule has 0 aliphatic heterocycles. The molecule has 4 nitrogen and oxygen atoms in total. The molecule has 1 amide bonds. The Morgan fingerprint density at radius 1 is 1.24 bits per heavy atom. The molecule has 1 N–H and O–H groups in total. The second-order valence-electron chi connectivity index (χ2n) is 3.67. The van der Waals surface area contributed by atoms with Crippen molar-refractivity contribution in [2.75, 3.05) is 0 Å². The Bertz CT molecular complexity index is 511. The van der Waals surface area contributed by atoms with Crippen molar-refractivity contribution in [3.63, 3.8) is 0 Å². The van der Waals surface area contributed by atoms with Crippen molar-refractivity contribution in [3.8, 4) is 0 Å². The van der Waals surface area contributed by atoms with E-state index in [2.05, 4.69) is 15.3 Å². The zero-order valence-corrected chi connectivity index (χ0v) is 9.55. The molecule has 0 atom stereocenters. The number of aryl methyl sites for hydroxylation is 1. The maximum atomic E-state index is 11.9. The molecule has 2 aromatic heterocycles. The molecule has 2 rings (SSSR count). The van der Waals surface area contributed by atoms with Crippen LogP contribution in [-0.2, 0) is 6.54 Å². The van der Waals surface area contributed by atoms with Gasteiger partial charge in [-0.3, -0.25) is 14.8 Å². The number of carbonyl (C=O) groups excluding carboxylic acids is 1. The monoisotopic (exact) mass is 227 g/mol. The van der Waals surface area contributed by atoms with Crippen molar-refractivity contribution in [1.82, 2.24) is 15.3 Å². The van der Waals surface area contributed by atoms with Crippen LogP contribution in [0.4, 0.5) is 0 Å². The molecule has 0 spiro atoms. The third kappa shape index (κ3) is 2.87. The molecular weight excluding hydrogens is 214 g/mol. The summed E-state index contributed by atoms with van der Waals surface area (Å²) in [6.45, 7) is 2.32. The van der Waals surface area contributed by atoms with E-state index in [0.29, 0.717) is 12.1 Å².